The van der Waals surface area contributed by atoms with Gasteiger partial charge in [-0.2, -0.15) is 0 Å². The lowest BCUT2D eigenvalue weighted by Gasteiger charge is -1.97. The zero-order chi connectivity index (χ0) is 15.2. The first-order valence-electron chi connectivity index (χ1n) is 4.27. The summed E-state index contributed by atoms with van der Waals surface area (Å²) < 4.78 is 0. The molecule has 0 heterocycles. The van der Waals surface area contributed by atoms with E-state index in [4.69, 9.17) is 10.5 Å². The third kappa shape index (κ3) is 3.88. The van der Waals surface area contributed by atoms with Crippen molar-refractivity contribution in [3.63, 3.8) is 0 Å². The maximum Gasteiger partial charge on any atom is 0.324 e. The highest BCUT2D eigenvalue weighted by atomic mass is 16.6. The Morgan fingerprint density at radius 2 is 1.37 bits per heavy atom. The lowest BCUT2D eigenvalue weighted by Crippen LogP contribution is -1.97. The molecular weight excluding hydrogens is 266 g/mol. The molecule has 1 aromatic carbocycles. The lowest BCUT2D eigenvalue weighted by atomic mass is 10.2. The highest BCUT2D eigenvalue weighted by Crippen LogP contribution is 2.38. The van der Waals surface area contributed by atoms with Crippen LogP contribution in [-0.4, -0.2) is 26.2 Å². The number of phenolic OH excluding ortho intramolecular Hbond substituents is 1. The van der Waals surface area contributed by atoms with E-state index in [0.717, 1.165) is 6.34 Å². The van der Waals surface area contributed by atoms with Gasteiger partial charge in [-0.1, -0.05) is 0 Å². The zero-order valence-electron chi connectivity index (χ0n) is 9.05. The maximum atomic E-state index is 10.4. The van der Waals surface area contributed by atoms with Gasteiger partial charge in [0, 0.05) is 0 Å². The fraction of sp³-hybridized carbons (Fsp3) is 0. The number of nitro benzene ring substituents is 3. The Morgan fingerprint density at radius 1 is 1.05 bits per heavy atom. The second kappa shape index (κ2) is 6.43. The van der Waals surface area contributed by atoms with Gasteiger partial charge in [-0.15, -0.1) is 0 Å². The summed E-state index contributed by atoms with van der Waals surface area (Å²) in [6.07, 6.45) is 0.750. The summed E-state index contributed by atoms with van der Waals surface area (Å²) in [5, 5.41) is 46.1. The molecule has 0 fully saturated rings. The third-order valence-electron chi connectivity index (χ3n) is 1.66. The molecule has 1 aromatic rings. The molecule has 1 rings (SSSR count). The highest BCUT2D eigenvalue weighted by Gasteiger charge is 2.29. The standard InChI is InChI=1S/C6H3N3O7.CH4N2/c10-6-4(8(13)14)1-3(7(11)12)2-5(6)9(15)16;2-1-3/h1-2,10H;1H,(H3,2,3). The number of hydrogen-bond acceptors (Lipinski definition) is 8. The van der Waals surface area contributed by atoms with Crippen molar-refractivity contribution in [1.82, 2.24) is 0 Å². The number of nitrogens with one attached hydrogen (secondary N) is 1. The molecule has 19 heavy (non-hydrogen) atoms. The van der Waals surface area contributed by atoms with Gasteiger partial charge >= 0.3 is 11.4 Å². The van der Waals surface area contributed by atoms with Crippen LogP contribution in [0, 0.1) is 35.8 Å². The van der Waals surface area contributed by atoms with Crippen molar-refractivity contribution < 1.29 is 19.9 Å². The molecule has 0 saturated heterocycles. The number of phenols is 1. The van der Waals surface area contributed by atoms with Crippen molar-refractivity contribution in [2.45, 2.75) is 0 Å². The van der Waals surface area contributed by atoms with Gasteiger partial charge < -0.3 is 10.8 Å². The molecule has 0 atom stereocenters. The predicted octanol–water partition coefficient (Wildman–Crippen LogP) is 0.669. The van der Waals surface area contributed by atoms with Crippen molar-refractivity contribution in [2.24, 2.45) is 5.73 Å². The summed E-state index contributed by atoms with van der Waals surface area (Å²) in [5.41, 5.74) is 1.39. The average Bonchev–Trinajstić information content (AvgIpc) is 2.29. The molecule has 0 aliphatic carbocycles. The Morgan fingerprint density at radius 3 is 1.58 bits per heavy atom. The van der Waals surface area contributed by atoms with Gasteiger partial charge in [-0.25, -0.2) is 0 Å². The van der Waals surface area contributed by atoms with Crippen molar-refractivity contribution in [2.75, 3.05) is 0 Å². The summed E-state index contributed by atoms with van der Waals surface area (Å²) in [6, 6.07) is 0.894. The van der Waals surface area contributed by atoms with Crippen LogP contribution in [0.3, 0.4) is 0 Å². The first-order chi connectivity index (χ1) is 8.76. The number of non-ortho nitro benzene ring substituents is 1. The number of nitro groups is 3. The molecule has 0 spiro atoms. The zero-order valence-corrected chi connectivity index (χ0v) is 9.05. The van der Waals surface area contributed by atoms with E-state index >= 15 is 0 Å². The van der Waals surface area contributed by atoms with Gasteiger partial charge in [0.25, 0.3) is 11.4 Å². The molecule has 0 radical (unpaired) electrons. The number of rotatable bonds is 3. The quantitative estimate of drug-likeness (QED) is 0.308. The Kier molecular flexibility index (Phi) is 5.31. The van der Waals surface area contributed by atoms with E-state index in [9.17, 15) is 30.3 Å². The number of nitrogens with zero attached hydrogens (tertiary/aromatic N) is 3. The first kappa shape index (κ1) is 15.7. The Balaban J connectivity index is 0.000000982. The van der Waals surface area contributed by atoms with E-state index in [1.54, 1.807) is 0 Å². The predicted molar refractivity (Wildman–Crippen MR) is 61.0 cm³/mol. The van der Waals surface area contributed by atoms with E-state index in [2.05, 4.69) is 5.73 Å². The van der Waals surface area contributed by atoms with Gasteiger partial charge in [-0.05, 0) is 0 Å². The largest absolute Gasteiger partial charge is 0.497 e. The van der Waals surface area contributed by atoms with Crippen LogP contribution in [0.4, 0.5) is 17.1 Å². The van der Waals surface area contributed by atoms with Crippen LogP contribution in [0.25, 0.3) is 0 Å². The lowest BCUT2D eigenvalue weighted by molar-refractivity contribution is -0.404. The molecule has 102 valence electrons. The van der Waals surface area contributed by atoms with E-state index in [-0.39, 0.29) is 0 Å². The van der Waals surface area contributed by atoms with Crippen LogP contribution in [0.15, 0.2) is 12.1 Å². The summed E-state index contributed by atoms with van der Waals surface area (Å²) in [6.45, 7) is 0. The van der Waals surface area contributed by atoms with Crippen molar-refractivity contribution in [3.8, 4) is 5.75 Å². The molecule has 0 aliphatic rings. The molecule has 4 N–H and O–H groups in total. The molecule has 0 amide bonds. The minimum Gasteiger partial charge on any atom is -0.497 e. The molecule has 12 heteroatoms. The summed E-state index contributed by atoms with van der Waals surface area (Å²) >= 11 is 0. The van der Waals surface area contributed by atoms with E-state index in [0.29, 0.717) is 12.1 Å². The summed E-state index contributed by atoms with van der Waals surface area (Å²) in [4.78, 5) is 27.8. The molecule has 0 saturated carbocycles. The minimum atomic E-state index is -1.21. The minimum absolute atomic E-state index is 0.447. The Bertz CT molecular complexity index is 508. The maximum absolute atomic E-state index is 10.4. The number of nitrogens with two attached hydrogens (primary N) is 1. The SMILES string of the molecule is N=CN.O=[N+]([O-])c1cc([N+](=O)[O-])c(O)c([N+](=O)[O-])c1. The molecule has 12 nitrogen and oxygen atoms in total. The third-order valence-corrected chi connectivity index (χ3v) is 1.66. The fourth-order valence-corrected chi connectivity index (χ4v) is 0.974. The normalized spacial score (nSPS) is 8.84. The van der Waals surface area contributed by atoms with Crippen molar-refractivity contribution >= 4 is 23.4 Å². The highest BCUT2D eigenvalue weighted by molar-refractivity contribution is 5.64. The van der Waals surface area contributed by atoms with Crippen LogP contribution in [0.2, 0.25) is 0 Å². The summed E-state index contributed by atoms with van der Waals surface area (Å²) in [7, 11) is 0. The Hall–Kier alpha value is -3.31. The molecular formula is C7H7N5O7. The second-order valence-corrected chi connectivity index (χ2v) is 2.77. The van der Waals surface area contributed by atoms with E-state index < -0.39 is 37.6 Å². The van der Waals surface area contributed by atoms with Gasteiger partial charge in [0.05, 0.1) is 33.2 Å². The summed E-state index contributed by atoms with van der Waals surface area (Å²) in [5.74, 6) is -1.21. The first-order valence-corrected chi connectivity index (χ1v) is 4.27. The van der Waals surface area contributed by atoms with Crippen LogP contribution in [-0.2, 0) is 0 Å². The smallest absolute Gasteiger partial charge is 0.324 e. The number of hydrogen-bond donors (Lipinski definition) is 3. The van der Waals surface area contributed by atoms with Crippen LogP contribution in [0.1, 0.15) is 0 Å². The van der Waals surface area contributed by atoms with Crippen LogP contribution >= 0.6 is 0 Å². The molecule has 0 aliphatic heterocycles. The fourth-order valence-electron chi connectivity index (χ4n) is 0.974. The molecule has 0 unspecified atom stereocenters. The second-order valence-electron chi connectivity index (χ2n) is 2.77. The molecule has 0 bridgehead atoms. The van der Waals surface area contributed by atoms with Crippen molar-refractivity contribution in [3.05, 3.63) is 42.5 Å². The van der Waals surface area contributed by atoms with Crippen LogP contribution in [0.5, 0.6) is 5.75 Å². The molecule has 0 aromatic heterocycles. The van der Waals surface area contributed by atoms with E-state index in [1.165, 1.54) is 0 Å². The van der Waals surface area contributed by atoms with Gasteiger partial charge in [-0.3, -0.25) is 35.8 Å². The average molecular weight is 273 g/mol. The number of aromatic hydroxyl groups is 1. The van der Waals surface area contributed by atoms with Gasteiger partial charge in [0.2, 0.25) is 0 Å². The number of benzene rings is 1. The van der Waals surface area contributed by atoms with Crippen molar-refractivity contribution in [1.29, 1.82) is 5.41 Å². The topological polar surface area (TPSA) is 200 Å². The monoisotopic (exact) mass is 273 g/mol. The van der Waals surface area contributed by atoms with Gasteiger partial charge in [0.1, 0.15) is 0 Å². The van der Waals surface area contributed by atoms with E-state index in [1.807, 2.05) is 0 Å². The van der Waals surface area contributed by atoms with Crippen LogP contribution < -0.4 is 5.73 Å². The van der Waals surface area contributed by atoms with Gasteiger partial charge in [0.15, 0.2) is 0 Å². The Labute approximate surface area is 104 Å².